The van der Waals surface area contributed by atoms with Crippen LogP contribution in [0.25, 0.3) is 0 Å². The molecule has 1 unspecified atom stereocenters. The molecule has 1 aromatic rings. The van der Waals surface area contributed by atoms with Crippen molar-refractivity contribution in [3.8, 4) is 0 Å². The van der Waals surface area contributed by atoms with E-state index >= 15 is 0 Å². The number of hydrogen-bond donors (Lipinski definition) is 2. The van der Waals surface area contributed by atoms with Crippen LogP contribution in [0.1, 0.15) is 105 Å². The number of hydrogen-bond acceptors (Lipinski definition) is 4. The average molecular weight is 520 g/mol. The molecule has 0 aromatic heterocycles. The largest absolute Gasteiger partial charge is 0.356 e. The molecule has 204 valence electrons. The lowest BCUT2D eigenvalue weighted by Crippen LogP contribution is -2.53. The number of fused-ring (bicyclic) bond motifs is 1. The molecule has 1 atom stereocenters. The Labute approximate surface area is 225 Å². The van der Waals surface area contributed by atoms with E-state index in [0.29, 0.717) is 24.4 Å². The van der Waals surface area contributed by atoms with E-state index in [0.717, 1.165) is 87.6 Å². The van der Waals surface area contributed by atoms with Gasteiger partial charge in [0.15, 0.2) is 0 Å². The van der Waals surface area contributed by atoms with Crippen LogP contribution >= 0.6 is 0 Å². The summed E-state index contributed by atoms with van der Waals surface area (Å²) in [5.41, 5.74) is 2.88. The van der Waals surface area contributed by atoms with Crippen LogP contribution in [0.3, 0.4) is 0 Å². The predicted molar refractivity (Wildman–Crippen MR) is 143 cm³/mol. The van der Waals surface area contributed by atoms with Crippen molar-refractivity contribution in [3.63, 3.8) is 0 Å². The first kappa shape index (κ1) is 25.6. The molecule has 7 nitrogen and oxygen atoms in total. The molecular formula is C31H41N3O4. The molecule has 4 bridgehead atoms. The van der Waals surface area contributed by atoms with Crippen molar-refractivity contribution >= 4 is 23.6 Å². The number of nitrogens with zero attached hydrogens (tertiary/aromatic N) is 1. The van der Waals surface area contributed by atoms with Gasteiger partial charge in [-0.2, -0.15) is 0 Å². The molecular weight excluding hydrogens is 478 g/mol. The van der Waals surface area contributed by atoms with E-state index in [-0.39, 0.29) is 29.6 Å². The smallest absolute Gasteiger partial charge is 0.255 e. The lowest BCUT2D eigenvalue weighted by atomic mass is 9.49. The topological polar surface area (TPSA) is 95.6 Å². The number of carbonyl (C=O) groups excluding carboxylic acids is 4. The van der Waals surface area contributed by atoms with E-state index in [9.17, 15) is 19.2 Å². The molecule has 2 heterocycles. The van der Waals surface area contributed by atoms with Gasteiger partial charge in [0.05, 0.1) is 0 Å². The summed E-state index contributed by atoms with van der Waals surface area (Å²) in [5, 5.41) is 5.67. The lowest BCUT2D eigenvalue weighted by molar-refractivity contribution is -0.146. The summed E-state index contributed by atoms with van der Waals surface area (Å²) in [6.45, 7) is 1.24. The maximum absolute atomic E-state index is 13.1. The van der Waals surface area contributed by atoms with E-state index in [1.165, 1.54) is 24.8 Å². The van der Waals surface area contributed by atoms with Gasteiger partial charge in [0, 0.05) is 30.5 Å². The van der Waals surface area contributed by atoms with E-state index in [2.05, 4.69) is 16.7 Å². The fourth-order valence-corrected chi connectivity index (χ4v) is 8.63. The normalized spacial score (nSPS) is 31.5. The predicted octanol–water partition coefficient (Wildman–Crippen LogP) is 4.27. The van der Waals surface area contributed by atoms with Crippen LogP contribution < -0.4 is 10.6 Å². The molecule has 4 amide bonds. The highest BCUT2D eigenvalue weighted by Gasteiger charge is 2.54. The van der Waals surface area contributed by atoms with Gasteiger partial charge in [-0.15, -0.1) is 0 Å². The van der Waals surface area contributed by atoms with Gasteiger partial charge in [-0.3, -0.25) is 24.5 Å². The van der Waals surface area contributed by atoms with Crippen molar-refractivity contribution in [3.05, 3.63) is 34.9 Å². The zero-order chi connectivity index (χ0) is 26.3. The first-order valence-corrected chi connectivity index (χ1v) is 15.0. The third kappa shape index (κ3) is 4.89. The Hall–Kier alpha value is -2.70. The van der Waals surface area contributed by atoms with Crippen molar-refractivity contribution in [2.45, 2.75) is 102 Å². The quantitative estimate of drug-likeness (QED) is 0.356. The summed E-state index contributed by atoms with van der Waals surface area (Å²) in [7, 11) is 0. The maximum atomic E-state index is 13.1. The van der Waals surface area contributed by atoms with Crippen molar-refractivity contribution in [2.75, 3.05) is 6.54 Å². The molecule has 2 aliphatic heterocycles. The zero-order valence-electron chi connectivity index (χ0n) is 22.4. The van der Waals surface area contributed by atoms with Crippen LogP contribution in [0.15, 0.2) is 18.2 Å². The number of unbranched alkanes of at least 4 members (excludes halogenated alkanes) is 4. The minimum Gasteiger partial charge on any atom is -0.356 e. The van der Waals surface area contributed by atoms with Crippen LogP contribution in [0, 0.1) is 23.2 Å². The fourth-order valence-electron chi connectivity index (χ4n) is 8.63. The van der Waals surface area contributed by atoms with Crippen molar-refractivity contribution in [2.24, 2.45) is 23.2 Å². The zero-order valence-corrected chi connectivity index (χ0v) is 22.4. The van der Waals surface area contributed by atoms with Gasteiger partial charge in [-0.25, -0.2) is 0 Å². The van der Waals surface area contributed by atoms with Crippen molar-refractivity contribution in [1.29, 1.82) is 0 Å². The van der Waals surface area contributed by atoms with Gasteiger partial charge in [0.25, 0.3) is 5.91 Å². The van der Waals surface area contributed by atoms with Gasteiger partial charge in [0.2, 0.25) is 17.7 Å². The van der Waals surface area contributed by atoms with E-state index in [1.54, 1.807) is 4.90 Å². The number of imide groups is 1. The van der Waals surface area contributed by atoms with E-state index < -0.39 is 6.04 Å². The van der Waals surface area contributed by atoms with Crippen LogP contribution in [0.2, 0.25) is 0 Å². The second-order valence-corrected chi connectivity index (χ2v) is 12.8. The number of aryl methyl sites for hydroxylation is 1. The number of rotatable bonds is 10. The Kier molecular flexibility index (Phi) is 7.04. The standard InChI is InChI=1S/C31H41N3O4/c35-27-11-10-26(28(36)33-27)34-19-25-23(8-6-9-24(25)29(34)37)7-4-2-1-3-5-12-32-30(38)31-16-20-13-21(17-31)15-22(14-20)18-31/h6,8-9,20-22,26H,1-5,7,10-19H2,(H,32,38)(H,33,35,36). The summed E-state index contributed by atoms with van der Waals surface area (Å²) in [6.07, 6.45) is 14.6. The Balaban J connectivity index is 0.912. The molecule has 0 spiro atoms. The Morgan fingerprint density at radius 1 is 0.947 bits per heavy atom. The highest BCUT2D eigenvalue weighted by molar-refractivity contribution is 6.05. The summed E-state index contributed by atoms with van der Waals surface area (Å²) in [6, 6.07) is 5.32. The van der Waals surface area contributed by atoms with Gasteiger partial charge >= 0.3 is 0 Å². The summed E-state index contributed by atoms with van der Waals surface area (Å²) in [4.78, 5) is 51.6. The third-order valence-electron chi connectivity index (χ3n) is 10.1. The summed E-state index contributed by atoms with van der Waals surface area (Å²) < 4.78 is 0. The third-order valence-corrected chi connectivity index (χ3v) is 10.1. The second kappa shape index (κ2) is 10.5. The number of piperidine rings is 1. The van der Waals surface area contributed by atoms with Crippen molar-refractivity contribution < 1.29 is 19.2 Å². The minimum absolute atomic E-state index is 0.0418. The number of amides is 4. The first-order chi connectivity index (χ1) is 18.4. The fraction of sp³-hybridized carbons (Fsp3) is 0.677. The molecule has 0 radical (unpaired) electrons. The second-order valence-electron chi connectivity index (χ2n) is 12.8. The van der Waals surface area contributed by atoms with Gasteiger partial charge < -0.3 is 10.2 Å². The Bertz CT molecular complexity index is 1090. The van der Waals surface area contributed by atoms with Gasteiger partial charge in [-0.05, 0) is 99.2 Å². The number of nitrogens with one attached hydrogen (secondary N) is 2. The van der Waals surface area contributed by atoms with Gasteiger partial charge in [-0.1, -0.05) is 31.4 Å². The van der Waals surface area contributed by atoms with Gasteiger partial charge in [0.1, 0.15) is 6.04 Å². The van der Waals surface area contributed by atoms with Crippen LogP contribution in [0.5, 0.6) is 0 Å². The number of benzene rings is 1. The molecule has 2 N–H and O–H groups in total. The monoisotopic (exact) mass is 519 g/mol. The molecule has 38 heavy (non-hydrogen) atoms. The van der Waals surface area contributed by atoms with E-state index in [1.807, 2.05) is 12.1 Å². The van der Waals surface area contributed by atoms with Crippen molar-refractivity contribution in [1.82, 2.24) is 15.5 Å². The van der Waals surface area contributed by atoms with Crippen LogP contribution in [-0.2, 0) is 27.3 Å². The maximum Gasteiger partial charge on any atom is 0.255 e. The molecule has 7 heteroatoms. The van der Waals surface area contributed by atoms with E-state index in [4.69, 9.17) is 0 Å². The average Bonchev–Trinajstić information content (AvgIpc) is 3.21. The molecule has 1 aromatic carbocycles. The minimum atomic E-state index is -0.566. The summed E-state index contributed by atoms with van der Waals surface area (Å²) >= 11 is 0. The SMILES string of the molecule is O=C1CCC(N2Cc3c(CCCCCCCNC(=O)C45CC6CC(CC(C6)C4)C5)cccc3C2=O)C(=O)N1. The highest BCUT2D eigenvalue weighted by atomic mass is 16.2. The molecule has 5 fully saturated rings. The molecule has 4 aliphatic carbocycles. The Morgan fingerprint density at radius 2 is 1.63 bits per heavy atom. The first-order valence-electron chi connectivity index (χ1n) is 15.0. The molecule has 1 saturated heterocycles. The lowest BCUT2D eigenvalue weighted by Gasteiger charge is -2.55. The highest BCUT2D eigenvalue weighted by Crippen LogP contribution is 2.60. The molecule has 4 saturated carbocycles. The van der Waals surface area contributed by atoms with Crippen LogP contribution in [-0.4, -0.2) is 41.1 Å². The molecule has 6 aliphatic rings. The molecule has 7 rings (SSSR count). The Morgan fingerprint density at radius 3 is 2.34 bits per heavy atom. The summed E-state index contributed by atoms with van der Waals surface area (Å²) in [5.74, 6) is 2.02. The van der Waals surface area contributed by atoms with Crippen LogP contribution in [0.4, 0.5) is 0 Å². The number of carbonyl (C=O) groups is 4.